The van der Waals surface area contributed by atoms with E-state index in [1.54, 1.807) is 7.11 Å². The van der Waals surface area contributed by atoms with Gasteiger partial charge in [0.1, 0.15) is 11.3 Å². The van der Waals surface area contributed by atoms with Crippen LogP contribution in [0, 0.1) is 13.8 Å². The molecule has 0 radical (unpaired) electrons. The SMILES string of the molecule is CCN(CC)CCN(C(=O)c1cc(C)ccc1C)c1nc2c(OC)cccc2s1.Cl. The van der Waals surface area contributed by atoms with Crippen LogP contribution >= 0.6 is 23.7 Å². The predicted octanol–water partition coefficient (Wildman–Crippen LogP) is 5.33. The maximum absolute atomic E-state index is 13.6. The lowest BCUT2D eigenvalue weighted by Crippen LogP contribution is -2.39. The molecule has 0 bridgehead atoms. The Morgan fingerprint density at radius 1 is 1.10 bits per heavy atom. The van der Waals surface area contributed by atoms with E-state index in [0.29, 0.717) is 11.7 Å². The van der Waals surface area contributed by atoms with Crippen LogP contribution in [0.3, 0.4) is 0 Å². The molecule has 0 atom stereocenters. The second-order valence-corrected chi connectivity index (χ2v) is 8.11. The number of hydrogen-bond acceptors (Lipinski definition) is 5. The van der Waals surface area contributed by atoms with Crippen molar-refractivity contribution in [1.29, 1.82) is 0 Å². The number of likely N-dealkylation sites (N-methyl/N-ethyl adjacent to an activating group) is 1. The van der Waals surface area contributed by atoms with Crippen LogP contribution in [0.15, 0.2) is 36.4 Å². The summed E-state index contributed by atoms with van der Waals surface area (Å²) in [6.07, 6.45) is 0. The number of amides is 1. The van der Waals surface area contributed by atoms with Crippen LogP contribution in [0.1, 0.15) is 35.3 Å². The zero-order valence-electron chi connectivity index (χ0n) is 18.3. The van der Waals surface area contributed by atoms with Gasteiger partial charge in [-0.15, -0.1) is 12.4 Å². The van der Waals surface area contributed by atoms with E-state index in [9.17, 15) is 4.79 Å². The summed E-state index contributed by atoms with van der Waals surface area (Å²) < 4.78 is 6.48. The van der Waals surface area contributed by atoms with Crippen molar-refractivity contribution in [1.82, 2.24) is 9.88 Å². The summed E-state index contributed by atoms with van der Waals surface area (Å²) in [5, 5.41) is 0.711. The van der Waals surface area contributed by atoms with Crippen molar-refractivity contribution in [3.8, 4) is 5.75 Å². The minimum atomic E-state index is -0.00335. The van der Waals surface area contributed by atoms with Crippen molar-refractivity contribution < 1.29 is 9.53 Å². The molecule has 0 aliphatic rings. The number of rotatable bonds is 8. The summed E-state index contributed by atoms with van der Waals surface area (Å²) in [4.78, 5) is 22.5. The number of hydrogen-bond donors (Lipinski definition) is 0. The first-order valence-corrected chi connectivity index (χ1v) is 10.8. The first kappa shape index (κ1) is 24.1. The number of ether oxygens (including phenoxy) is 1. The lowest BCUT2D eigenvalue weighted by molar-refractivity contribution is 0.0983. The zero-order valence-corrected chi connectivity index (χ0v) is 19.9. The Kier molecular flexibility index (Phi) is 8.65. The third-order valence-electron chi connectivity index (χ3n) is 5.22. The molecule has 0 aliphatic heterocycles. The Morgan fingerprint density at radius 2 is 1.83 bits per heavy atom. The van der Waals surface area contributed by atoms with Gasteiger partial charge >= 0.3 is 0 Å². The number of nitrogens with zero attached hydrogens (tertiary/aromatic N) is 3. The van der Waals surface area contributed by atoms with Crippen LogP contribution in [0.2, 0.25) is 0 Å². The van der Waals surface area contributed by atoms with E-state index in [1.807, 2.05) is 55.1 Å². The normalized spacial score (nSPS) is 10.9. The van der Waals surface area contributed by atoms with Gasteiger partial charge in [0.25, 0.3) is 5.91 Å². The molecule has 1 aromatic heterocycles. The summed E-state index contributed by atoms with van der Waals surface area (Å²) in [5.74, 6) is 0.726. The van der Waals surface area contributed by atoms with Crippen molar-refractivity contribution in [2.45, 2.75) is 27.7 Å². The Balaban J connectivity index is 0.00000320. The Bertz CT molecular complexity index is 1000. The molecule has 2 aromatic carbocycles. The number of halogens is 1. The highest BCUT2D eigenvalue weighted by atomic mass is 35.5. The lowest BCUT2D eigenvalue weighted by atomic mass is 10.0. The second-order valence-electron chi connectivity index (χ2n) is 7.11. The van der Waals surface area contributed by atoms with Gasteiger partial charge in [0.2, 0.25) is 0 Å². The summed E-state index contributed by atoms with van der Waals surface area (Å²) in [6, 6.07) is 11.9. The van der Waals surface area contributed by atoms with Gasteiger partial charge < -0.3 is 9.64 Å². The van der Waals surface area contributed by atoms with E-state index >= 15 is 0 Å². The second kappa shape index (κ2) is 10.8. The fourth-order valence-electron chi connectivity index (χ4n) is 3.37. The molecule has 1 heterocycles. The molecular formula is C23H30ClN3O2S. The van der Waals surface area contributed by atoms with Crippen LogP contribution in [-0.2, 0) is 0 Å². The van der Waals surface area contributed by atoms with Gasteiger partial charge in [0.05, 0.1) is 11.8 Å². The average molecular weight is 448 g/mol. The Labute approximate surface area is 189 Å². The molecule has 0 N–H and O–H groups in total. The number of aryl methyl sites for hydroxylation is 2. The van der Waals surface area contributed by atoms with E-state index in [4.69, 9.17) is 9.72 Å². The van der Waals surface area contributed by atoms with Gasteiger partial charge in [-0.25, -0.2) is 4.98 Å². The van der Waals surface area contributed by atoms with E-state index < -0.39 is 0 Å². The summed E-state index contributed by atoms with van der Waals surface area (Å²) in [7, 11) is 1.65. The molecule has 7 heteroatoms. The molecule has 30 heavy (non-hydrogen) atoms. The molecule has 1 amide bonds. The van der Waals surface area contributed by atoms with Crippen LogP contribution in [0.25, 0.3) is 10.2 Å². The highest BCUT2D eigenvalue weighted by Crippen LogP contribution is 2.34. The van der Waals surface area contributed by atoms with Crippen LogP contribution in [-0.4, -0.2) is 49.1 Å². The van der Waals surface area contributed by atoms with E-state index in [-0.39, 0.29) is 18.3 Å². The van der Waals surface area contributed by atoms with Gasteiger partial charge in [0, 0.05) is 18.7 Å². The third-order valence-corrected chi connectivity index (χ3v) is 6.27. The first-order valence-electron chi connectivity index (χ1n) is 10.0. The fourth-order valence-corrected chi connectivity index (χ4v) is 4.38. The number of anilines is 1. The molecule has 0 fully saturated rings. The molecule has 3 rings (SSSR count). The number of thiazole rings is 1. The van der Waals surface area contributed by atoms with Gasteiger partial charge in [-0.1, -0.05) is 48.9 Å². The number of methoxy groups -OCH3 is 1. The summed E-state index contributed by atoms with van der Waals surface area (Å²) in [5.41, 5.74) is 3.59. The molecule has 0 saturated carbocycles. The molecule has 5 nitrogen and oxygen atoms in total. The standard InChI is InChI=1S/C23H29N3O2S.ClH/c1-6-25(7-2)13-14-26(22(27)18-15-16(3)11-12-17(18)4)23-24-21-19(28-5)9-8-10-20(21)29-23;/h8-12,15H,6-7,13-14H2,1-5H3;1H. The van der Waals surface area contributed by atoms with Crippen molar-refractivity contribution in [3.05, 3.63) is 53.1 Å². The van der Waals surface area contributed by atoms with Crippen LogP contribution in [0.5, 0.6) is 5.75 Å². The number of carbonyl (C=O) groups excluding carboxylic acids is 1. The van der Waals surface area contributed by atoms with E-state index in [1.165, 1.54) is 11.3 Å². The third kappa shape index (κ3) is 5.12. The number of fused-ring (bicyclic) bond motifs is 1. The molecule has 162 valence electrons. The molecule has 3 aromatic rings. The fraction of sp³-hybridized carbons (Fsp3) is 0.391. The molecular weight excluding hydrogens is 418 g/mol. The van der Waals surface area contributed by atoms with Crippen LogP contribution in [0.4, 0.5) is 5.13 Å². The number of aromatic nitrogens is 1. The van der Waals surface area contributed by atoms with Crippen molar-refractivity contribution in [2.75, 3.05) is 38.2 Å². The van der Waals surface area contributed by atoms with Crippen molar-refractivity contribution >= 4 is 45.0 Å². The number of para-hydroxylation sites is 1. The zero-order chi connectivity index (χ0) is 21.0. The van der Waals surface area contributed by atoms with Gasteiger partial charge in [-0.05, 0) is 50.7 Å². The summed E-state index contributed by atoms with van der Waals surface area (Å²) >= 11 is 1.53. The number of benzene rings is 2. The smallest absolute Gasteiger partial charge is 0.260 e. The monoisotopic (exact) mass is 447 g/mol. The Hall–Kier alpha value is -2.15. The van der Waals surface area contributed by atoms with Crippen molar-refractivity contribution in [3.63, 3.8) is 0 Å². The highest BCUT2D eigenvalue weighted by molar-refractivity contribution is 7.22. The largest absolute Gasteiger partial charge is 0.494 e. The minimum Gasteiger partial charge on any atom is -0.494 e. The summed E-state index contributed by atoms with van der Waals surface area (Å²) in [6.45, 7) is 11.6. The lowest BCUT2D eigenvalue weighted by Gasteiger charge is -2.25. The van der Waals surface area contributed by atoms with Gasteiger partial charge in [-0.2, -0.15) is 0 Å². The molecule has 0 spiro atoms. The van der Waals surface area contributed by atoms with E-state index in [2.05, 4.69) is 18.7 Å². The van der Waals surface area contributed by atoms with Gasteiger partial charge in [0.15, 0.2) is 5.13 Å². The van der Waals surface area contributed by atoms with Gasteiger partial charge in [-0.3, -0.25) is 9.69 Å². The van der Waals surface area contributed by atoms with Crippen molar-refractivity contribution in [2.24, 2.45) is 0 Å². The molecule has 0 aliphatic carbocycles. The minimum absolute atomic E-state index is 0. The highest BCUT2D eigenvalue weighted by Gasteiger charge is 2.24. The quantitative estimate of drug-likeness (QED) is 0.468. The average Bonchev–Trinajstić information content (AvgIpc) is 3.16. The van der Waals surface area contributed by atoms with Crippen LogP contribution < -0.4 is 9.64 Å². The topological polar surface area (TPSA) is 45.7 Å². The maximum atomic E-state index is 13.6. The maximum Gasteiger partial charge on any atom is 0.260 e. The molecule has 0 unspecified atom stereocenters. The predicted molar refractivity (Wildman–Crippen MR) is 129 cm³/mol. The van der Waals surface area contributed by atoms with E-state index in [0.717, 1.165) is 52.3 Å². The number of carbonyl (C=O) groups is 1. The Morgan fingerprint density at radius 3 is 2.50 bits per heavy atom. The molecule has 0 saturated heterocycles. The first-order chi connectivity index (χ1) is 14.0.